The molecule has 1 atom stereocenters. The van der Waals surface area contributed by atoms with Gasteiger partial charge in [-0.3, -0.25) is 9.36 Å². The molecule has 1 unspecified atom stereocenters. The predicted octanol–water partition coefficient (Wildman–Crippen LogP) is 7.53. The molecule has 1 aliphatic heterocycles. The first-order valence-corrected chi connectivity index (χ1v) is 11.3. The maximum atomic E-state index is 14.2. The molecule has 0 amide bonds. The summed E-state index contributed by atoms with van der Waals surface area (Å²) in [4.78, 5) is 18.1. The molecule has 2 heterocycles. The zero-order chi connectivity index (χ0) is 25.0. The van der Waals surface area contributed by atoms with Crippen molar-refractivity contribution in [1.29, 1.82) is 0 Å². The minimum atomic E-state index is -4.78. The molecule has 0 fully saturated rings. The molecule has 0 N–H and O–H groups in total. The van der Waals surface area contributed by atoms with Crippen LogP contribution in [0.25, 0.3) is 10.9 Å². The fourth-order valence-corrected chi connectivity index (χ4v) is 4.81. The van der Waals surface area contributed by atoms with E-state index in [1.165, 1.54) is 18.2 Å². The lowest BCUT2D eigenvalue weighted by Gasteiger charge is -2.29. The first kappa shape index (κ1) is 23.5. The molecule has 35 heavy (non-hydrogen) atoms. The number of rotatable bonds is 3. The molecule has 1 aliphatic rings. The average Bonchev–Trinajstić information content (AvgIpc) is 3.45. The Morgan fingerprint density at radius 1 is 1.03 bits per heavy atom. The van der Waals surface area contributed by atoms with Crippen molar-refractivity contribution in [2.24, 2.45) is 5.16 Å². The summed E-state index contributed by atoms with van der Waals surface area (Å²) < 4.78 is 44.2. The van der Waals surface area contributed by atoms with Crippen LogP contribution in [0.5, 0.6) is 0 Å². The van der Waals surface area contributed by atoms with E-state index in [4.69, 9.17) is 28.0 Å². The van der Waals surface area contributed by atoms with Gasteiger partial charge in [0.2, 0.25) is 0 Å². The van der Waals surface area contributed by atoms with Gasteiger partial charge in [-0.15, -0.1) is 0 Å². The second-order valence-electron chi connectivity index (χ2n) is 8.36. The number of hydrogen-bond donors (Lipinski definition) is 0. The molecule has 4 aromatic rings. The number of nitrogens with zero attached hydrogens (tertiary/aromatic N) is 2. The molecule has 1 aromatic heterocycles. The van der Waals surface area contributed by atoms with E-state index in [0.29, 0.717) is 11.1 Å². The van der Waals surface area contributed by atoms with E-state index >= 15 is 0 Å². The molecule has 0 bridgehead atoms. The van der Waals surface area contributed by atoms with E-state index in [1.807, 2.05) is 31.2 Å². The van der Waals surface area contributed by atoms with E-state index < -0.39 is 18.2 Å². The van der Waals surface area contributed by atoms with Crippen LogP contribution in [0.1, 0.15) is 33.5 Å². The minimum absolute atomic E-state index is 0.0590. The smallest absolute Gasteiger partial charge is 0.374 e. The first-order valence-electron chi connectivity index (χ1n) is 10.6. The van der Waals surface area contributed by atoms with Crippen molar-refractivity contribution in [3.05, 3.63) is 105 Å². The molecule has 9 heteroatoms. The summed E-state index contributed by atoms with van der Waals surface area (Å²) >= 11 is 11.9. The number of carbonyl (C=O) groups is 1. The minimum Gasteiger partial charge on any atom is -0.374 e. The molecule has 5 rings (SSSR count). The van der Waals surface area contributed by atoms with Gasteiger partial charge in [-0.25, -0.2) is 0 Å². The largest absolute Gasteiger partial charge is 0.435 e. The molecule has 3 aromatic carbocycles. The van der Waals surface area contributed by atoms with Gasteiger partial charge >= 0.3 is 6.18 Å². The lowest BCUT2D eigenvalue weighted by atomic mass is 9.86. The zero-order valence-corrected chi connectivity index (χ0v) is 19.7. The number of aromatic nitrogens is 1. The number of carbonyl (C=O) groups excluding carboxylic acids is 1. The maximum absolute atomic E-state index is 14.2. The van der Waals surface area contributed by atoms with Gasteiger partial charge in [0.05, 0.1) is 11.2 Å². The van der Waals surface area contributed by atoms with Crippen LogP contribution in [0.4, 0.5) is 13.2 Å². The highest BCUT2D eigenvalue weighted by Gasteiger charge is 2.62. The van der Waals surface area contributed by atoms with Crippen LogP contribution >= 0.6 is 23.2 Å². The summed E-state index contributed by atoms with van der Waals surface area (Å²) in [5.74, 6) is -0.250. The molecule has 0 spiro atoms. The molecule has 0 saturated heterocycles. The number of benzene rings is 3. The third-order valence-corrected chi connectivity index (χ3v) is 6.59. The lowest BCUT2D eigenvalue weighted by molar-refractivity contribution is -0.275. The summed E-state index contributed by atoms with van der Waals surface area (Å²) in [6, 6.07) is 17.5. The molecule has 4 nitrogen and oxygen atoms in total. The van der Waals surface area contributed by atoms with Gasteiger partial charge in [-0.05, 0) is 60.5 Å². The predicted molar refractivity (Wildman–Crippen MR) is 129 cm³/mol. The van der Waals surface area contributed by atoms with Crippen molar-refractivity contribution in [2.75, 3.05) is 0 Å². The van der Waals surface area contributed by atoms with E-state index in [0.717, 1.165) is 16.5 Å². The summed E-state index contributed by atoms with van der Waals surface area (Å²) in [5.41, 5.74) is -0.222. The molecule has 0 aliphatic carbocycles. The Labute approximate surface area is 208 Å². The van der Waals surface area contributed by atoms with E-state index in [1.54, 1.807) is 35.0 Å². The summed E-state index contributed by atoms with van der Waals surface area (Å²) in [7, 11) is 0. The number of fused-ring (bicyclic) bond motifs is 1. The van der Waals surface area contributed by atoms with Crippen molar-refractivity contribution in [3.63, 3.8) is 0 Å². The summed E-state index contributed by atoms with van der Waals surface area (Å²) in [5, 5.41) is 4.85. The number of halogens is 5. The normalized spacial score (nSPS) is 17.9. The highest BCUT2D eigenvalue weighted by molar-refractivity contribution is 6.34. The number of alkyl halides is 3. The quantitative estimate of drug-likeness (QED) is 0.282. The van der Waals surface area contributed by atoms with Crippen LogP contribution in [-0.4, -0.2) is 22.4 Å². The van der Waals surface area contributed by atoms with Crippen molar-refractivity contribution in [1.82, 2.24) is 4.57 Å². The monoisotopic (exact) mass is 516 g/mol. The third kappa shape index (κ3) is 3.98. The standard InChI is InChI=1S/C26H17Cl2F3N2O2/c1-15-3-2-4-23-21(15)9-10-33(23)24(34)17-7-5-16(6-8-17)22-14-25(35-32-22,26(29,30)31)18-11-19(27)13-20(28)12-18/h2-13H,14H2,1H3. The molecule has 0 saturated carbocycles. The molecule has 178 valence electrons. The van der Waals surface area contributed by atoms with Crippen molar-refractivity contribution >= 4 is 45.7 Å². The van der Waals surface area contributed by atoms with Crippen LogP contribution in [0, 0.1) is 6.92 Å². The Balaban J connectivity index is 1.43. The molecule has 0 radical (unpaired) electrons. The van der Waals surface area contributed by atoms with Gasteiger partial charge < -0.3 is 4.84 Å². The first-order chi connectivity index (χ1) is 16.6. The van der Waals surface area contributed by atoms with Crippen molar-refractivity contribution in [2.45, 2.75) is 25.1 Å². The van der Waals surface area contributed by atoms with E-state index in [-0.39, 0.29) is 27.2 Å². The molecular weight excluding hydrogens is 500 g/mol. The Hall–Kier alpha value is -3.29. The van der Waals surface area contributed by atoms with Gasteiger partial charge in [0.15, 0.2) is 0 Å². The Bertz CT molecular complexity index is 1470. The number of oxime groups is 1. The van der Waals surface area contributed by atoms with E-state index in [2.05, 4.69) is 5.16 Å². The second kappa shape index (κ2) is 8.43. The van der Waals surface area contributed by atoms with Crippen LogP contribution in [-0.2, 0) is 10.4 Å². The van der Waals surface area contributed by atoms with Crippen LogP contribution in [0.15, 0.2) is 78.1 Å². The Morgan fingerprint density at radius 3 is 2.37 bits per heavy atom. The Kier molecular flexibility index (Phi) is 5.65. The fourth-order valence-electron chi connectivity index (χ4n) is 4.29. The van der Waals surface area contributed by atoms with Crippen LogP contribution < -0.4 is 0 Å². The van der Waals surface area contributed by atoms with Gasteiger partial charge in [0.1, 0.15) is 0 Å². The topological polar surface area (TPSA) is 43.6 Å². The van der Waals surface area contributed by atoms with Gasteiger partial charge in [-0.2, -0.15) is 13.2 Å². The van der Waals surface area contributed by atoms with Gasteiger partial charge in [-0.1, -0.05) is 52.6 Å². The van der Waals surface area contributed by atoms with Gasteiger partial charge in [0, 0.05) is 39.2 Å². The maximum Gasteiger partial charge on any atom is 0.435 e. The van der Waals surface area contributed by atoms with Crippen molar-refractivity contribution < 1.29 is 22.8 Å². The highest BCUT2D eigenvalue weighted by atomic mass is 35.5. The Morgan fingerprint density at radius 2 is 1.71 bits per heavy atom. The summed E-state index contributed by atoms with van der Waals surface area (Å²) in [6.45, 7) is 1.97. The van der Waals surface area contributed by atoms with Crippen molar-refractivity contribution in [3.8, 4) is 0 Å². The van der Waals surface area contributed by atoms with E-state index in [9.17, 15) is 18.0 Å². The van der Waals surface area contributed by atoms with Crippen LogP contribution in [0.2, 0.25) is 10.0 Å². The lowest BCUT2D eigenvalue weighted by Crippen LogP contribution is -2.42. The average molecular weight is 517 g/mol. The number of hydrogen-bond acceptors (Lipinski definition) is 3. The zero-order valence-electron chi connectivity index (χ0n) is 18.2. The fraction of sp³-hybridized carbons (Fsp3) is 0.154. The highest BCUT2D eigenvalue weighted by Crippen LogP contribution is 2.49. The summed E-state index contributed by atoms with van der Waals surface area (Å²) in [6.07, 6.45) is -3.64. The second-order valence-corrected chi connectivity index (χ2v) is 9.24. The van der Waals surface area contributed by atoms with Gasteiger partial charge in [0.25, 0.3) is 11.5 Å². The van der Waals surface area contributed by atoms with Crippen LogP contribution in [0.3, 0.4) is 0 Å². The SMILES string of the molecule is Cc1cccc2c1ccn2C(=O)c1ccc(C2=NOC(c3cc(Cl)cc(Cl)c3)(C(F)(F)F)C2)cc1. The number of aryl methyl sites for hydroxylation is 1. The third-order valence-electron chi connectivity index (χ3n) is 6.15. The molecular formula is C26H17Cl2F3N2O2.